The highest BCUT2D eigenvalue weighted by Crippen LogP contribution is 2.32. The molecule has 1 aromatic heterocycles. The average Bonchev–Trinajstić information content (AvgIpc) is 3.17. The zero-order valence-electron chi connectivity index (χ0n) is 14.7. The van der Waals surface area contributed by atoms with Crippen LogP contribution in [0.15, 0.2) is 18.2 Å². The first-order valence-corrected chi connectivity index (χ1v) is 9.40. The van der Waals surface area contributed by atoms with Gasteiger partial charge in [-0.05, 0) is 29.5 Å². The molecule has 2 aromatic rings. The summed E-state index contributed by atoms with van der Waals surface area (Å²) in [5, 5.41) is 16.8. The molecule has 6 nitrogen and oxygen atoms in total. The van der Waals surface area contributed by atoms with Crippen LogP contribution in [0.5, 0.6) is 0 Å². The smallest absolute Gasteiger partial charge is 0.221 e. The third kappa shape index (κ3) is 4.58. The molecular formula is C18H23ClFN5O. The van der Waals surface area contributed by atoms with Crippen LogP contribution in [-0.4, -0.2) is 26.5 Å². The molecule has 0 saturated heterocycles. The van der Waals surface area contributed by atoms with Crippen molar-refractivity contribution in [3.63, 3.8) is 0 Å². The van der Waals surface area contributed by atoms with Gasteiger partial charge >= 0.3 is 0 Å². The van der Waals surface area contributed by atoms with Crippen LogP contribution in [0.1, 0.15) is 62.9 Å². The molecule has 0 bridgehead atoms. The van der Waals surface area contributed by atoms with Crippen LogP contribution >= 0.6 is 11.6 Å². The van der Waals surface area contributed by atoms with Crippen LogP contribution in [0.3, 0.4) is 0 Å². The van der Waals surface area contributed by atoms with E-state index < -0.39 is 11.9 Å². The number of carbonyl (C=O) groups is 1. The molecule has 2 N–H and O–H groups in total. The first-order valence-electron chi connectivity index (χ1n) is 9.02. The Bertz CT molecular complexity index is 733. The summed E-state index contributed by atoms with van der Waals surface area (Å²) in [7, 11) is 0. The highest BCUT2D eigenvalue weighted by molar-refractivity contribution is 6.30. The van der Waals surface area contributed by atoms with E-state index in [1.807, 2.05) is 0 Å². The van der Waals surface area contributed by atoms with Crippen molar-refractivity contribution in [2.45, 2.75) is 51.5 Å². The predicted molar refractivity (Wildman–Crippen MR) is 95.9 cm³/mol. The number of H-pyrrole nitrogens is 1. The summed E-state index contributed by atoms with van der Waals surface area (Å²) in [5.41, 5.74) is 0.520. The zero-order chi connectivity index (χ0) is 18.5. The Morgan fingerprint density at radius 1 is 1.38 bits per heavy atom. The van der Waals surface area contributed by atoms with Crippen molar-refractivity contribution in [1.29, 1.82) is 0 Å². The Kier molecular flexibility index (Phi) is 6.19. The lowest BCUT2D eigenvalue weighted by molar-refractivity contribution is -0.122. The van der Waals surface area contributed by atoms with Gasteiger partial charge in [-0.15, -0.1) is 10.2 Å². The van der Waals surface area contributed by atoms with Crippen LogP contribution in [0, 0.1) is 17.7 Å². The summed E-state index contributed by atoms with van der Waals surface area (Å²) in [5.74, 6) is 0.524. The van der Waals surface area contributed by atoms with Gasteiger partial charge in [0.15, 0.2) is 0 Å². The number of amides is 1. The summed E-state index contributed by atoms with van der Waals surface area (Å²) in [6.45, 7) is 2.13. The van der Waals surface area contributed by atoms with Crippen molar-refractivity contribution in [2.24, 2.45) is 11.8 Å². The van der Waals surface area contributed by atoms with E-state index in [-0.39, 0.29) is 16.8 Å². The normalized spacial score (nSPS) is 17.7. The molecule has 1 aliphatic rings. The predicted octanol–water partition coefficient (Wildman–Crippen LogP) is 3.80. The van der Waals surface area contributed by atoms with Crippen molar-refractivity contribution < 1.29 is 9.18 Å². The van der Waals surface area contributed by atoms with Crippen molar-refractivity contribution in [2.75, 3.05) is 0 Å². The summed E-state index contributed by atoms with van der Waals surface area (Å²) in [4.78, 5) is 12.6. The van der Waals surface area contributed by atoms with Gasteiger partial charge in [0.2, 0.25) is 11.7 Å². The molecule has 1 heterocycles. The van der Waals surface area contributed by atoms with Gasteiger partial charge in [0, 0.05) is 6.42 Å². The molecule has 1 aliphatic carbocycles. The van der Waals surface area contributed by atoms with Gasteiger partial charge in [0.25, 0.3) is 0 Å². The average molecular weight is 380 g/mol. The van der Waals surface area contributed by atoms with Crippen molar-refractivity contribution in [3.05, 3.63) is 40.4 Å². The molecule has 0 aliphatic heterocycles. The minimum atomic E-state index is -0.674. The molecule has 1 amide bonds. The van der Waals surface area contributed by atoms with E-state index in [0.29, 0.717) is 23.8 Å². The number of rotatable bonds is 6. The van der Waals surface area contributed by atoms with Gasteiger partial charge in [-0.3, -0.25) is 4.79 Å². The maximum Gasteiger partial charge on any atom is 0.221 e. The quantitative estimate of drug-likeness (QED) is 0.799. The van der Waals surface area contributed by atoms with E-state index in [4.69, 9.17) is 11.6 Å². The number of tetrazole rings is 1. The molecule has 2 unspecified atom stereocenters. The van der Waals surface area contributed by atoms with Gasteiger partial charge in [0.05, 0.1) is 5.02 Å². The van der Waals surface area contributed by atoms with Gasteiger partial charge in [-0.2, -0.15) is 5.21 Å². The van der Waals surface area contributed by atoms with Crippen molar-refractivity contribution >= 4 is 17.5 Å². The Balaban J connectivity index is 1.71. The number of hydrogen-bond acceptors (Lipinski definition) is 4. The minimum Gasteiger partial charge on any atom is -0.342 e. The Morgan fingerprint density at radius 2 is 2.15 bits per heavy atom. The van der Waals surface area contributed by atoms with Crippen molar-refractivity contribution in [1.82, 2.24) is 25.9 Å². The number of nitrogens with zero attached hydrogens (tertiary/aromatic N) is 3. The van der Waals surface area contributed by atoms with Crippen LogP contribution < -0.4 is 5.32 Å². The Labute approximate surface area is 156 Å². The fourth-order valence-electron chi connectivity index (χ4n) is 3.66. The first-order chi connectivity index (χ1) is 12.5. The molecule has 0 spiro atoms. The molecule has 140 valence electrons. The molecule has 1 saturated carbocycles. The van der Waals surface area contributed by atoms with E-state index >= 15 is 0 Å². The lowest BCUT2D eigenvalue weighted by Crippen LogP contribution is -2.32. The maximum atomic E-state index is 13.9. The van der Waals surface area contributed by atoms with E-state index in [0.717, 1.165) is 0 Å². The van der Waals surface area contributed by atoms with E-state index in [2.05, 4.69) is 32.9 Å². The molecule has 2 atom stereocenters. The molecular weight excluding hydrogens is 357 g/mol. The number of nitrogens with one attached hydrogen (secondary N) is 2. The number of hydrogen-bond donors (Lipinski definition) is 2. The number of carbonyl (C=O) groups excluding carboxylic acids is 1. The maximum absolute atomic E-state index is 13.9. The summed E-state index contributed by atoms with van der Waals surface area (Å²) < 4.78 is 13.9. The molecule has 1 fully saturated rings. The molecule has 0 radical (unpaired) electrons. The standard InChI is InChI=1S/C18H23ClFN5O/c1-11(12-5-3-2-4-6-12)9-16(26)21-17(18-22-24-25-23-18)13-7-8-14(19)15(20)10-13/h7-8,10-12,17H,2-6,9H2,1H3,(H,21,26)(H,22,23,24,25). The second-order valence-electron chi connectivity index (χ2n) is 7.02. The van der Waals surface area contributed by atoms with Gasteiger partial charge in [-0.1, -0.05) is 61.9 Å². The fourth-order valence-corrected chi connectivity index (χ4v) is 3.78. The van der Waals surface area contributed by atoms with Crippen LogP contribution in [-0.2, 0) is 4.79 Å². The topological polar surface area (TPSA) is 83.6 Å². The highest BCUT2D eigenvalue weighted by atomic mass is 35.5. The van der Waals surface area contributed by atoms with Gasteiger partial charge in [-0.25, -0.2) is 4.39 Å². The summed E-state index contributed by atoms with van der Waals surface area (Å²) >= 11 is 5.76. The molecule has 8 heteroatoms. The Hall–Kier alpha value is -2.02. The van der Waals surface area contributed by atoms with Crippen molar-refractivity contribution in [3.8, 4) is 0 Å². The Morgan fingerprint density at radius 3 is 2.81 bits per heavy atom. The second-order valence-corrected chi connectivity index (χ2v) is 7.43. The van der Waals surface area contributed by atoms with Crippen LogP contribution in [0.4, 0.5) is 4.39 Å². The molecule has 3 rings (SSSR count). The van der Waals surface area contributed by atoms with E-state index in [9.17, 15) is 9.18 Å². The largest absolute Gasteiger partial charge is 0.342 e. The number of benzene rings is 1. The lowest BCUT2D eigenvalue weighted by Gasteiger charge is -2.27. The molecule has 1 aromatic carbocycles. The number of aromatic amines is 1. The van der Waals surface area contributed by atoms with Gasteiger partial charge < -0.3 is 5.32 Å². The monoisotopic (exact) mass is 379 g/mol. The van der Waals surface area contributed by atoms with Crippen LogP contribution in [0.2, 0.25) is 5.02 Å². The van der Waals surface area contributed by atoms with Crippen LogP contribution in [0.25, 0.3) is 0 Å². The third-order valence-electron chi connectivity index (χ3n) is 5.16. The SMILES string of the molecule is CC(CC(=O)NC(c1ccc(Cl)c(F)c1)c1nn[nH]n1)C1CCCCC1. The number of halogens is 2. The van der Waals surface area contributed by atoms with Gasteiger partial charge in [0.1, 0.15) is 11.9 Å². The first kappa shape index (κ1) is 18.8. The summed E-state index contributed by atoms with van der Waals surface area (Å²) in [6, 6.07) is 3.72. The fraction of sp³-hybridized carbons (Fsp3) is 0.556. The molecule has 26 heavy (non-hydrogen) atoms. The van der Waals surface area contributed by atoms with E-state index in [1.54, 1.807) is 6.07 Å². The second kappa shape index (κ2) is 8.58. The highest BCUT2D eigenvalue weighted by Gasteiger charge is 2.26. The zero-order valence-corrected chi connectivity index (χ0v) is 15.5. The third-order valence-corrected chi connectivity index (χ3v) is 5.47. The van der Waals surface area contributed by atoms with E-state index in [1.165, 1.54) is 44.2 Å². The minimum absolute atomic E-state index is 0.0258. The lowest BCUT2D eigenvalue weighted by atomic mass is 9.79. The number of aromatic nitrogens is 4. The summed E-state index contributed by atoms with van der Waals surface area (Å²) in [6.07, 6.45) is 6.57.